The van der Waals surface area contributed by atoms with E-state index in [1.54, 1.807) is 0 Å². The summed E-state index contributed by atoms with van der Waals surface area (Å²) in [4.78, 5) is 0. The van der Waals surface area contributed by atoms with E-state index in [0.29, 0.717) is 11.5 Å². The van der Waals surface area contributed by atoms with Crippen molar-refractivity contribution in [2.45, 2.75) is 60.4 Å². The molecule has 1 nitrogen and oxygen atoms in total. The summed E-state index contributed by atoms with van der Waals surface area (Å²) >= 11 is 0. The molecule has 0 aliphatic carbocycles. The molecule has 1 N–H and O–H groups in total. The van der Waals surface area contributed by atoms with E-state index in [0.717, 1.165) is 13.0 Å². The third kappa shape index (κ3) is 5.22. The van der Waals surface area contributed by atoms with Gasteiger partial charge in [0.05, 0.1) is 0 Å². The minimum Gasteiger partial charge on any atom is -0.314 e. The van der Waals surface area contributed by atoms with Crippen molar-refractivity contribution in [1.29, 1.82) is 0 Å². The van der Waals surface area contributed by atoms with E-state index in [1.807, 2.05) is 0 Å². The maximum absolute atomic E-state index is 3.63. The van der Waals surface area contributed by atoms with Gasteiger partial charge in [-0.2, -0.15) is 0 Å². The van der Waals surface area contributed by atoms with Crippen LogP contribution < -0.4 is 5.32 Å². The standard InChI is InChI=1S/C17H29N/c1-7-18-16(12-17(4,5)6)11-15-10-13(2)8-9-14(15)3/h8-10,16,18H,7,11-12H2,1-6H3. The number of rotatable bonds is 5. The first-order valence-corrected chi connectivity index (χ1v) is 7.11. The summed E-state index contributed by atoms with van der Waals surface area (Å²) in [6, 6.07) is 7.35. The second kappa shape index (κ2) is 6.38. The quantitative estimate of drug-likeness (QED) is 0.819. The number of hydrogen-bond donors (Lipinski definition) is 1. The average Bonchev–Trinajstić information content (AvgIpc) is 2.21. The van der Waals surface area contributed by atoms with Gasteiger partial charge in [0.2, 0.25) is 0 Å². The monoisotopic (exact) mass is 247 g/mol. The van der Waals surface area contributed by atoms with Gasteiger partial charge in [0.15, 0.2) is 0 Å². The number of nitrogens with one attached hydrogen (secondary N) is 1. The van der Waals surface area contributed by atoms with Crippen LogP contribution in [-0.4, -0.2) is 12.6 Å². The van der Waals surface area contributed by atoms with Crippen LogP contribution in [0.1, 0.15) is 50.8 Å². The molecule has 0 radical (unpaired) electrons. The fourth-order valence-electron chi connectivity index (χ4n) is 2.53. The highest BCUT2D eigenvalue weighted by atomic mass is 14.9. The Morgan fingerprint density at radius 2 is 1.83 bits per heavy atom. The predicted molar refractivity (Wildman–Crippen MR) is 81.2 cm³/mol. The van der Waals surface area contributed by atoms with Gasteiger partial charge >= 0.3 is 0 Å². The summed E-state index contributed by atoms with van der Waals surface area (Å²) in [6.07, 6.45) is 2.35. The Labute approximate surface area is 113 Å². The molecule has 1 unspecified atom stereocenters. The molecule has 0 spiro atoms. The predicted octanol–water partition coefficient (Wildman–Crippen LogP) is 4.26. The van der Waals surface area contributed by atoms with Gasteiger partial charge in [-0.1, -0.05) is 51.5 Å². The molecule has 0 aliphatic rings. The van der Waals surface area contributed by atoms with E-state index < -0.39 is 0 Å². The Balaban J connectivity index is 2.79. The van der Waals surface area contributed by atoms with Crippen molar-refractivity contribution in [3.63, 3.8) is 0 Å². The Morgan fingerprint density at radius 1 is 1.17 bits per heavy atom. The lowest BCUT2D eigenvalue weighted by molar-refractivity contribution is 0.309. The maximum Gasteiger partial charge on any atom is 0.0112 e. The van der Waals surface area contributed by atoms with Crippen LogP contribution >= 0.6 is 0 Å². The van der Waals surface area contributed by atoms with Crippen molar-refractivity contribution in [1.82, 2.24) is 5.32 Å². The highest BCUT2D eigenvalue weighted by Crippen LogP contribution is 2.23. The molecule has 18 heavy (non-hydrogen) atoms. The third-order valence-electron chi connectivity index (χ3n) is 3.32. The van der Waals surface area contributed by atoms with Crippen molar-refractivity contribution in [3.8, 4) is 0 Å². The smallest absolute Gasteiger partial charge is 0.0112 e. The molecule has 1 heteroatoms. The van der Waals surface area contributed by atoms with E-state index in [4.69, 9.17) is 0 Å². The number of hydrogen-bond acceptors (Lipinski definition) is 1. The lowest BCUT2D eigenvalue weighted by atomic mass is 9.85. The van der Waals surface area contributed by atoms with Gasteiger partial charge in [-0.15, -0.1) is 0 Å². The Morgan fingerprint density at radius 3 is 2.39 bits per heavy atom. The maximum atomic E-state index is 3.63. The van der Waals surface area contributed by atoms with Gasteiger partial charge in [0.25, 0.3) is 0 Å². The van der Waals surface area contributed by atoms with Gasteiger partial charge in [-0.05, 0) is 49.8 Å². The molecule has 1 atom stereocenters. The van der Waals surface area contributed by atoms with Crippen molar-refractivity contribution >= 4 is 0 Å². The van der Waals surface area contributed by atoms with Crippen LogP contribution in [0.3, 0.4) is 0 Å². The Bertz CT molecular complexity index is 374. The molecule has 1 aromatic rings. The SMILES string of the molecule is CCNC(Cc1cc(C)ccc1C)CC(C)(C)C. The Hall–Kier alpha value is -0.820. The molecule has 0 aromatic heterocycles. The van der Waals surface area contributed by atoms with Gasteiger partial charge in [0, 0.05) is 6.04 Å². The largest absolute Gasteiger partial charge is 0.314 e. The fourth-order valence-corrected chi connectivity index (χ4v) is 2.53. The first-order valence-electron chi connectivity index (χ1n) is 7.11. The average molecular weight is 247 g/mol. The normalized spacial score (nSPS) is 13.7. The molecule has 0 saturated heterocycles. The molecule has 1 rings (SSSR count). The first kappa shape index (κ1) is 15.2. The minimum atomic E-state index is 0.380. The molecule has 0 aliphatic heterocycles. The lowest BCUT2D eigenvalue weighted by Gasteiger charge is -2.27. The van der Waals surface area contributed by atoms with Gasteiger partial charge in [-0.3, -0.25) is 0 Å². The second-order valence-electron chi connectivity index (χ2n) is 6.65. The summed E-state index contributed by atoms with van der Waals surface area (Å²) in [5.41, 5.74) is 4.65. The molecule has 0 bridgehead atoms. The molecule has 0 heterocycles. The zero-order chi connectivity index (χ0) is 13.8. The van der Waals surface area contributed by atoms with Crippen LogP contribution in [0.5, 0.6) is 0 Å². The summed E-state index contributed by atoms with van der Waals surface area (Å²) in [5, 5.41) is 3.63. The second-order valence-corrected chi connectivity index (χ2v) is 6.65. The lowest BCUT2D eigenvalue weighted by Crippen LogP contribution is -2.34. The summed E-state index contributed by atoms with van der Waals surface area (Å²) in [7, 11) is 0. The summed E-state index contributed by atoms with van der Waals surface area (Å²) < 4.78 is 0. The summed E-state index contributed by atoms with van der Waals surface area (Å²) in [5.74, 6) is 0. The number of benzene rings is 1. The van der Waals surface area contributed by atoms with Gasteiger partial charge in [-0.25, -0.2) is 0 Å². The number of aryl methyl sites for hydroxylation is 2. The molecular weight excluding hydrogens is 218 g/mol. The Kier molecular flexibility index (Phi) is 5.40. The van der Waals surface area contributed by atoms with Crippen LogP contribution in [0.4, 0.5) is 0 Å². The molecule has 0 saturated carbocycles. The van der Waals surface area contributed by atoms with Crippen LogP contribution in [0.15, 0.2) is 18.2 Å². The first-order chi connectivity index (χ1) is 8.31. The molecule has 1 aromatic carbocycles. The fraction of sp³-hybridized carbons (Fsp3) is 0.647. The van der Waals surface area contributed by atoms with E-state index >= 15 is 0 Å². The zero-order valence-electron chi connectivity index (χ0n) is 12.9. The van der Waals surface area contributed by atoms with E-state index in [9.17, 15) is 0 Å². The van der Waals surface area contributed by atoms with E-state index in [2.05, 4.69) is 65.1 Å². The molecule has 0 amide bonds. The van der Waals surface area contributed by atoms with Crippen LogP contribution in [0.2, 0.25) is 0 Å². The topological polar surface area (TPSA) is 12.0 Å². The van der Waals surface area contributed by atoms with Crippen molar-refractivity contribution < 1.29 is 0 Å². The van der Waals surface area contributed by atoms with Gasteiger partial charge in [0.1, 0.15) is 0 Å². The molecule has 102 valence electrons. The third-order valence-corrected chi connectivity index (χ3v) is 3.32. The molecular formula is C17H29N. The molecule has 0 fully saturated rings. The summed E-state index contributed by atoms with van der Waals surface area (Å²) in [6.45, 7) is 14.6. The van der Waals surface area contributed by atoms with E-state index in [-0.39, 0.29) is 0 Å². The zero-order valence-corrected chi connectivity index (χ0v) is 12.9. The highest BCUT2D eigenvalue weighted by Gasteiger charge is 2.18. The van der Waals surface area contributed by atoms with Crippen molar-refractivity contribution in [2.75, 3.05) is 6.54 Å². The van der Waals surface area contributed by atoms with Gasteiger partial charge < -0.3 is 5.32 Å². The van der Waals surface area contributed by atoms with Crippen LogP contribution in [0, 0.1) is 19.3 Å². The number of likely N-dealkylation sites (N-methyl/N-ethyl adjacent to an activating group) is 1. The van der Waals surface area contributed by atoms with Crippen molar-refractivity contribution in [3.05, 3.63) is 34.9 Å². The highest BCUT2D eigenvalue weighted by molar-refractivity contribution is 5.31. The van der Waals surface area contributed by atoms with Crippen LogP contribution in [-0.2, 0) is 6.42 Å². The van der Waals surface area contributed by atoms with Crippen molar-refractivity contribution in [2.24, 2.45) is 5.41 Å². The minimum absolute atomic E-state index is 0.380. The van der Waals surface area contributed by atoms with Crippen LogP contribution in [0.25, 0.3) is 0 Å². The van der Waals surface area contributed by atoms with E-state index in [1.165, 1.54) is 23.1 Å².